The number of phenols is 1. The molecule has 2 aliphatic heterocycles. The number of aromatic nitrogens is 5. The van der Waals surface area contributed by atoms with Gasteiger partial charge in [0.05, 0.1) is 46.1 Å². The smallest absolute Gasteiger partial charge is 0.352 e. The van der Waals surface area contributed by atoms with Gasteiger partial charge in [0.2, 0.25) is 11.8 Å². The molecule has 2 amide bonds. The Bertz CT molecular complexity index is 2760. The maximum atomic E-state index is 15.1. The van der Waals surface area contributed by atoms with Crippen LogP contribution in [0.2, 0.25) is 5.02 Å². The van der Waals surface area contributed by atoms with Gasteiger partial charge in [0.1, 0.15) is 11.5 Å². The number of aryl methyl sites for hydroxylation is 2. The summed E-state index contributed by atoms with van der Waals surface area (Å²) in [6.07, 6.45) is 1.98. The molecule has 54 heavy (non-hydrogen) atoms. The zero-order valence-electron chi connectivity index (χ0n) is 29.4. The molecule has 3 aliphatic rings. The topological polar surface area (TPSA) is 134 Å². The molecule has 9 rings (SSSR count). The van der Waals surface area contributed by atoms with E-state index >= 15 is 4.79 Å². The van der Waals surface area contributed by atoms with Crippen molar-refractivity contribution in [3.63, 3.8) is 0 Å². The second kappa shape index (κ2) is 12.2. The van der Waals surface area contributed by atoms with E-state index in [1.165, 1.54) is 21.4 Å². The molecule has 4 atom stereocenters. The highest BCUT2D eigenvalue weighted by atomic mass is 79.9. The summed E-state index contributed by atoms with van der Waals surface area (Å²) in [5.41, 5.74) is 0.952. The Morgan fingerprint density at radius 1 is 1.04 bits per heavy atom. The van der Waals surface area contributed by atoms with Crippen LogP contribution in [0, 0.1) is 18.3 Å². The number of rotatable bonds is 5. The summed E-state index contributed by atoms with van der Waals surface area (Å²) in [6, 6.07) is 18.8. The number of benzene rings is 3. The van der Waals surface area contributed by atoms with Gasteiger partial charge < -0.3 is 9.84 Å². The second-order valence-corrected chi connectivity index (χ2v) is 16.5. The van der Waals surface area contributed by atoms with Crippen molar-refractivity contribution < 1.29 is 19.4 Å². The summed E-state index contributed by atoms with van der Waals surface area (Å²) in [4.78, 5) is 60.2. The van der Waals surface area contributed by atoms with Crippen molar-refractivity contribution in [3.05, 3.63) is 120 Å². The molecule has 6 aromatic rings. The van der Waals surface area contributed by atoms with Crippen LogP contribution < -0.4 is 21.0 Å². The molecule has 1 saturated carbocycles. The van der Waals surface area contributed by atoms with E-state index in [9.17, 15) is 19.5 Å². The van der Waals surface area contributed by atoms with Crippen LogP contribution in [0.1, 0.15) is 36.4 Å². The number of phenolic OH excluding ortho intramolecular Hbond substituents is 1. The molecule has 1 N–H and O–H groups in total. The van der Waals surface area contributed by atoms with Crippen LogP contribution in [-0.4, -0.2) is 47.7 Å². The number of carbonyl (C=O) groups excluding carboxylic acids is 2. The van der Waals surface area contributed by atoms with Gasteiger partial charge in [-0.05, 0) is 101 Å². The van der Waals surface area contributed by atoms with Crippen LogP contribution in [0.15, 0.2) is 92.4 Å². The molecule has 3 aromatic heterocycles. The number of allylic oxidation sites excluding steroid dienone is 2. The fourth-order valence-corrected chi connectivity index (χ4v) is 10.6. The van der Waals surface area contributed by atoms with E-state index in [0.717, 1.165) is 25.1 Å². The van der Waals surface area contributed by atoms with Gasteiger partial charge in [0.15, 0.2) is 11.5 Å². The minimum Gasteiger partial charge on any atom is -0.503 e. The SMILES string of the molecule is COc1cc([C@H]2C3=CCn4c(=O)n(-c5ccccc5)c(=O)n4[C@@H]3C[C@H]3C(=O)N(c4cc(-c5sc6ccc(Cl)cc6c5C)nn4C)C(=O)[C@@]23C)cc(Br)c1O. The fraction of sp³-hybridized carbons (Fsp3) is 0.256. The van der Waals surface area contributed by atoms with Crippen molar-refractivity contribution in [3.8, 4) is 27.8 Å². The molecular formula is C39H32BrClN6O6S. The normalized spacial score (nSPS) is 22.0. The standard InChI is InChI=1S/C39H32BrClN6O6S/c1-19-24-16-21(41)10-11-30(24)54-34(19)27-18-31(43(3)42-27)46-35(49)25-17-28-23(12-13-44-37(51)45(38(52)47(28)44)22-8-6-5-7-9-22)32(39(25,2)36(46)50)20-14-26(40)33(48)29(15-20)53-4/h5-12,14-16,18,25,28,32,48H,13,17H2,1-4H3/t25-,28+,32-,39+/m0/s1. The zero-order valence-corrected chi connectivity index (χ0v) is 32.6. The molecule has 0 spiro atoms. The predicted octanol–water partition coefficient (Wildman–Crippen LogP) is 6.72. The molecule has 5 heterocycles. The molecule has 274 valence electrons. The van der Waals surface area contributed by atoms with E-state index in [1.54, 1.807) is 78.5 Å². The Morgan fingerprint density at radius 2 is 1.80 bits per heavy atom. The summed E-state index contributed by atoms with van der Waals surface area (Å²) in [6.45, 7) is 3.87. The van der Waals surface area contributed by atoms with Crippen LogP contribution >= 0.6 is 38.9 Å². The first-order valence-electron chi connectivity index (χ1n) is 17.2. The number of hydrogen-bond acceptors (Lipinski definition) is 8. The average molecular weight is 828 g/mol. The van der Waals surface area contributed by atoms with Crippen LogP contribution in [-0.2, 0) is 23.2 Å². The van der Waals surface area contributed by atoms with Crippen molar-refractivity contribution in [1.29, 1.82) is 0 Å². The number of amides is 2. The number of imide groups is 1. The molecule has 0 radical (unpaired) electrons. The van der Waals surface area contributed by atoms with Crippen LogP contribution in [0.25, 0.3) is 26.3 Å². The number of fused-ring (bicyclic) bond motifs is 5. The highest BCUT2D eigenvalue weighted by Crippen LogP contribution is 2.62. The maximum Gasteiger partial charge on any atom is 0.352 e. The number of ether oxygens (including phenoxy) is 1. The number of aromatic hydroxyl groups is 1. The van der Waals surface area contributed by atoms with E-state index in [2.05, 4.69) is 15.9 Å². The van der Waals surface area contributed by atoms with Gasteiger partial charge in [-0.25, -0.2) is 28.4 Å². The van der Waals surface area contributed by atoms with E-state index in [4.69, 9.17) is 21.4 Å². The third-order valence-electron chi connectivity index (χ3n) is 11.4. The molecule has 12 nitrogen and oxygen atoms in total. The second-order valence-electron chi connectivity index (χ2n) is 14.1. The lowest BCUT2D eigenvalue weighted by atomic mass is 9.56. The van der Waals surface area contributed by atoms with E-state index in [0.29, 0.717) is 37.8 Å². The quantitative estimate of drug-likeness (QED) is 0.151. The molecule has 2 fully saturated rings. The first-order valence-corrected chi connectivity index (χ1v) is 19.2. The van der Waals surface area contributed by atoms with Gasteiger partial charge in [-0.15, -0.1) is 11.3 Å². The average Bonchev–Trinajstić information content (AvgIpc) is 3.83. The Morgan fingerprint density at radius 3 is 2.54 bits per heavy atom. The molecule has 1 aliphatic carbocycles. The predicted molar refractivity (Wildman–Crippen MR) is 209 cm³/mol. The van der Waals surface area contributed by atoms with Gasteiger partial charge in [-0.3, -0.25) is 14.3 Å². The number of para-hydroxylation sites is 1. The Balaban J connectivity index is 1.21. The third-order valence-corrected chi connectivity index (χ3v) is 13.5. The number of carbonyl (C=O) groups is 2. The Hall–Kier alpha value is -5.18. The lowest BCUT2D eigenvalue weighted by molar-refractivity contribution is -0.129. The number of nitrogens with zero attached hydrogens (tertiary/aromatic N) is 6. The van der Waals surface area contributed by atoms with Gasteiger partial charge in [-0.2, -0.15) is 5.10 Å². The van der Waals surface area contributed by atoms with Crippen LogP contribution in [0.3, 0.4) is 0 Å². The highest BCUT2D eigenvalue weighted by molar-refractivity contribution is 9.10. The maximum absolute atomic E-state index is 15.1. The first kappa shape index (κ1) is 34.6. The summed E-state index contributed by atoms with van der Waals surface area (Å²) >= 11 is 11.3. The molecule has 1 saturated heterocycles. The molecule has 0 unspecified atom stereocenters. The van der Waals surface area contributed by atoms with Crippen LogP contribution in [0.5, 0.6) is 11.5 Å². The Labute approximate surface area is 325 Å². The summed E-state index contributed by atoms with van der Waals surface area (Å²) in [5.74, 6) is -2.14. The number of methoxy groups -OCH3 is 1. The lowest BCUT2D eigenvalue weighted by Gasteiger charge is -2.47. The molecular weight excluding hydrogens is 796 g/mol. The highest BCUT2D eigenvalue weighted by Gasteiger charge is 2.66. The van der Waals surface area contributed by atoms with E-state index in [-0.39, 0.29) is 24.5 Å². The molecule has 15 heteroatoms. The largest absolute Gasteiger partial charge is 0.503 e. The summed E-state index contributed by atoms with van der Waals surface area (Å²) < 4.78 is 12.4. The first-order chi connectivity index (χ1) is 25.8. The monoisotopic (exact) mass is 826 g/mol. The Kier molecular flexibility index (Phi) is 7.79. The number of anilines is 1. The molecule has 0 bridgehead atoms. The lowest BCUT2D eigenvalue weighted by Crippen LogP contribution is -2.49. The molecule has 3 aromatic carbocycles. The van der Waals surface area contributed by atoms with Gasteiger partial charge in [-0.1, -0.05) is 35.9 Å². The van der Waals surface area contributed by atoms with Gasteiger partial charge in [0.25, 0.3) is 0 Å². The van der Waals surface area contributed by atoms with Crippen molar-refractivity contribution in [2.75, 3.05) is 12.0 Å². The number of halogens is 2. The number of thiophene rings is 1. The minimum atomic E-state index is -1.34. The van der Waals surface area contributed by atoms with Crippen molar-refractivity contribution in [1.82, 2.24) is 23.7 Å². The van der Waals surface area contributed by atoms with Crippen molar-refractivity contribution in [2.24, 2.45) is 18.4 Å². The van der Waals surface area contributed by atoms with Gasteiger partial charge >= 0.3 is 11.4 Å². The van der Waals surface area contributed by atoms with Gasteiger partial charge in [0, 0.05) is 28.8 Å². The summed E-state index contributed by atoms with van der Waals surface area (Å²) in [7, 11) is 3.14. The minimum absolute atomic E-state index is 0.0735. The van der Waals surface area contributed by atoms with E-state index in [1.807, 2.05) is 31.2 Å². The number of hydrogen-bond donors (Lipinski definition) is 1. The van der Waals surface area contributed by atoms with Crippen LogP contribution in [0.4, 0.5) is 5.82 Å². The third kappa shape index (κ3) is 4.69. The fourth-order valence-electron chi connectivity index (χ4n) is 8.80. The summed E-state index contributed by atoms with van der Waals surface area (Å²) in [5, 5.41) is 17.2. The van der Waals surface area contributed by atoms with Crippen molar-refractivity contribution in [2.45, 2.75) is 38.8 Å². The van der Waals surface area contributed by atoms with Crippen molar-refractivity contribution >= 4 is 66.6 Å². The zero-order chi connectivity index (χ0) is 38.0. The van der Waals surface area contributed by atoms with E-state index < -0.39 is 46.5 Å².